The Morgan fingerprint density at radius 3 is 2.83 bits per heavy atom. The predicted octanol–water partition coefficient (Wildman–Crippen LogP) is 1.87. The lowest BCUT2D eigenvalue weighted by Gasteiger charge is -2.02. The fraction of sp³-hybridized carbons (Fsp3) is 0.0667. The second-order valence-corrected chi connectivity index (χ2v) is 7.42. The molecule has 0 aliphatic carbocycles. The number of benzene rings is 1. The Bertz CT molecular complexity index is 1090. The van der Waals surface area contributed by atoms with Crippen LogP contribution in [0.2, 0.25) is 0 Å². The number of nitrogens with zero attached hydrogens (tertiary/aromatic N) is 2. The molecule has 1 amide bonds. The van der Waals surface area contributed by atoms with Gasteiger partial charge in [-0.3, -0.25) is 4.79 Å². The van der Waals surface area contributed by atoms with Crippen molar-refractivity contribution in [2.75, 3.05) is 0 Å². The van der Waals surface area contributed by atoms with Gasteiger partial charge in [-0.05, 0) is 30.3 Å². The third-order valence-electron chi connectivity index (χ3n) is 3.22. The van der Waals surface area contributed by atoms with E-state index in [-0.39, 0.29) is 10.7 Å². The fourth-order valence-corrected chi connectivity index (χ4v) is 3.86. The molecule has 0 aliphatic heterocycles. The summed E-state index contributed by atoms with van der Waals surface area (Å²) in [5.74, 6) is -0.390. The molecule has 124 valence electrons. The summed E-state index contributed by atoms with van der Waals surface area (Å²) < 4.78 is 30.4. The number of aromatic nitrogens is 1. The van der Waals surface area contributed by atoms with Gasteiger partial charge in [0.05, 0.1) is 21.4 Å². The summed E-state index contributed by atoms with van der Waals surface area (Å²) in [4.78, 5) is 16.6. The lowest BCUT2D eigenvalue weighted by Crippen LogP contribution is -2.16. The van der Waals surface area contributed by atoms with Crippen LogP contribution in [0.25, 0.3) is 10.2 Å². The molecule has 3 aromatic rings. The first kappa shape index (κ1) is 16.4. The third kappa shape index (κ3) is 3.09. The SMILES string of the molecule is C=CCn1c(=NC(=O)c2ccco2)sc2cc(S(N)(=O)=O)ccc21. The van der Waals surface area contributed by atoms with Crippen molar-refractivity contribution in [2.24, 2.45) is 10.1 Å². The van der Waals surface area contributed by atoms with Crippen LogP contribution in [0.5, 0.6) is 0 Å². The average molecular weight is 363 g/mol. The number of amides is 1. The van der Waals surface area contributed by atoms with Crippen molar-refractivity contribution >= 4 is 37.5 Å². The van der Waals surface area contributed by atoms with Crippen molar-refractivity contribution in [3.63, 3.8) is 0 Å². The van der Waals surface area contributed by atoms with Crippen molar-refractivity contribution in [1.29, 1.82) is 0 Å². The number of rotatable bonds is 4. The molecule has 0 unspecified atom stereocenters. The van der Waals surface area contributed by atoms with E-state index in [1.165, 1.54) is 35.8 Å². The molecule has 0 aliphatic rings. The first-order valence-corrected chi connectivity index (χ1v) is 9.16. The van der Waals surface area contributed by atoms with Gasteiger partial charge in [0.1, 0.15) is 0 Å². The normalized spacial score (nSPS) is 12.6. The second kappa shape index (κ2) is 6.19. The number of primary sulfonamides is 1. The quantitative estimate of drug-likeness (QED) is 0.714. The van der Waals surface area contributed by atoms with Gasteiger partial charge < -0.3 is 8.98 Å². The highest BCUT2D eigenvalue weighted by Crippen LogP contribution is 2.21. The maximum absolute atomic E-state index is 12.1. The summed E-state index contributed by atoms with van der Waals surface area (Å²) in [5.41, 5.74) is 0.735. The van der Waals surface area contributed by atoms with Gasteiger partial charge in [-0.2, -0.15) is 4.99 Å². The molecule has 0 spiro atoms. The van der Waals surface area contributed by atoms with Crippen molar-refractivity contribution < 1.29 is 17.6 Å². The molecular formula is C15H13N3O4S2. The van der Waals surface area contributed by atoms with Crippen molar-refractivity contribution in [1.82, 2.24) is 4.57 Å². The predicted molar refractivity (Wildman–Crippen MR) is 90.0 cm³/mol. The van der Waals surface area contributed by atoms with Crippen LogP contribution in [0.15, 0.2) is 63.6 Å². The van der Waals surface area contributed by atoms with Gasteiger partial charge in [-0.25, -0.2) is 13.6 Å². The zero-order chi connectivity index (χ0) is 17.3. The third-order valence-corrected chi connectivity index (χ3v) is 5.18. The number of nitrogens with two attached hydrogens (primary N) is 1. The molecule has 0 saturated carbocycles. The van der Waals surface area contributed by atoms with E-state index in [1.54, 1.807) is 22.8 Å². The number of furan rings is 1. The van der Waals surface area contributed by atoms with Gasteiger partial charge >= 0.3 is 5.91 Å². The number of hydrogen-bond acceptors (Lipinski definition) is 5. The summed E-state index contributed by atoms with van der Waals surface area (Å²) in [6, 6.07) is 7.64. The highest BCUT2D eigenvalue weighted by atomic mass is 32.2. The first-order valence-electron chi connectivity index (χ1n) is 6.80. The lowest BCUT2D eigenvalue weighted by molar-refractivity contribution is 0.0971. The van der Waals surface area contributed by atoms with Crippen LogP contribution in [-0.2, 0) is 16.6 Å². The zero-order valence-corrected chi connectivity index (χ0v) is 14.0. The van der Waals surface area contributed by atoms with Gasteiger partial charge in [0.2, 0.25) is 10.0 Å². The molecular weight excluding hydrogens is 350 g/mol. The molecule has 0 radical (unpaired) electrons. The van der Waals surface area contributed by atoms with Gasteiger partial charge in [0.15, 0.2) is 10.6 Å². The van der Waals surface area contributed by atoms with Gasteiger partial charge in [0, 0.05) is 6.54 Å². The van der Waals surface area contributed by atoms with Crippen LogP contribution >= 0.6 is 11.3 Å². The Kier molecular flexibility index (Phi) is 4.22. The van der Waals surface area contributed by atoms with E-state index in [0.29, 0.717) is 16.0 Å². The highest BCUT2D eigenvalue weighted by molar-refractivity contribution is 7.89. The fourth-order valence-electron chi connectivity index (χ4n) is 2.16. The van der Waals surface area contributed by atoms with Gasteiger partial charge in [0.25, 0.3) is 0 Å². The van der Waals surface area contributed by atoms with Gasteiger partial charge in [-0.15, -0.1) is 6.58 Å². The van der Waals surface area contributed by atoms with E-state index in [1.807, 2.05) is 0 Å². The Morgan fingerprint density at radius 1 is 1.42 bits per heavy atom. The number of hydrogen-bond donors (Lipinski definition) is 1. The van der Waals surface area contributed by atoms with E-state index in [9.17, 15) is 13.2 Å². The van der Waals surface area contributed by atoms with Crippen molar-refractivity contribution in [3.05, 3.63) is 59.8 Å². The molecule has 7 nitrogen and oxygen atoms in total. The molecule has 1 aromatic carbocycles. The summed E-state index contributed by atoms with van der Waals surface area (Å²) in [6.07, 6.45) is 3.06. The Hall–Kier alpha value is -2.49. The Labute approximate surface area is 141 Å². The van der Waals surface area contributed by atoms with Crippen molar-refractivity contribution in [2.45, 2.75) is 11.4 Å². The number of sulfonamides is 1. The Morgan fingerprint density at radius 2 is 2.21 bits per heavy atom. The number of carbonyl (C=O) groups is 1. The average Bonchev–Trinajstić information content (AvgIpc) is 3.15. The standard InChI is InChI=1S/C15H13N3O4S2/c1-2-7-18-11-6-5-10(24(16,20)21)9-13(11)23-15(18)17-14(19)12-4-3-8-22-12/h2-6,8-9H,1,7H2,(H2,16,20,21). The van der Waals surface area contributed by atoms with E-state index in [2.05, 4.69) is 11.6 Å². The van der Waals surface area contributed by atoms with E-state index < -0.39 is 15.9 Å². The number of carbonyl (C=O) groups excluding carboxylic acids is 1. The van der Waals surface area contributed by atoms with Crippen LogP contribution in [0, 0.1) is 0 Å². The van der Waals surface area contributed by atoms with Crippen LogP contribution in [-0.4, -0.2) is 18.9 Å². The molecule has 2 N–H and O–H groups in total. The summed E-state index contributed by atoms with van der Waals surface area (Å²) in [7, 11) is -3.80. The Balaban J connectivity index is 2.21. The molecule has 24 heavy (non-hydrogen) atoms. The molecule has 9 heteroatoms. The largest absolute Gasteiger partial charge is 0.459 e. The van der Waals surface area contributed by atoms with E-state index in [4.69, 9.17) is 9.56 Å². The maximum Gasteiger partial charge on any atom is 0.315 e. The molecule has 2 aromatic heterocycles. The minimum Gasteiger partial charge on any atom is -0.459 e. The van der Waals surface area contributed by atoms with Crippen LogP contribution in [0.1, 0.15) is 10.6 Å². The van der Waals surface area contributed by atoms with Crippen LogP contribution in [0.3, 0.4) is 0 Å². The monoisotopic (exact) mass is 363 g/mol. The summed E-state index contributed by atoms with van der Waals surface area (Å²) in [5, 5.41) is 5.16. The molecule has 0 bridgehead atoms. The summed E-state index contributed by atoms with van der Waals surface area (Å²) >= 11 is 1.19. The van der Waals surface area contributed by atoms with Crippen LogP contribution in [0.4, 0.5) is 0 Å². The molecule has 3 rings (SSSR count). The number of fused-ring (bicyclic) bond motifs is 1. The minimum absolute atomic E-state index is 0.00548. The van der Waals surface area contributed by atoms with E-state index >= 15 is 0 Å². The summed E-state index contributed by atoms with van der Waals surface area (Å²) in [6.45, 7) is 4.11. The number of allylic oxidation sites excluding steroid dienone is 1. The zero-order valence-electron chi connectivity index (χ0n) is 12.4. The van der Waals surface area contributed by atoms with Crippen molar-refractivity contribution in [3.8, 4) is 0 Å². The topological polar surface area (TPSA) is 108 Å². The minimum atomic E-state index is -3.80. The smallest absolute Gasteiger partial charge is 0.315 e. The highest BCUT2D eigenvalue weighted by Gasteiger charge is 2.13. The van der Waals surface area contributed by atoms with Crippen LogP contribution < -0.4 is 9.94 Å². The molecule has 0 saturated heterocycles. The maximum atomic E-state index is 12.1. The van der Waals surface area contributed by atoms with Gasteiger partial charge in [-0.1, -0.05) is 17.4 Å². The number of thiazole rings is 1. The lowest BCUT2D eigenvalue weighted by atomic mass is 10.3. The molecule has 2 heterocycles. The molecule has 0 fully saturated rings. The van der Waals surface area contributed by atoms with E-state index in [0.717, 1.165) is 5.52 Å². The second-order valence-electron chi connectivity index (χ2n) is 4.85. The first-order chi connectivity index (χ1) is 11.4. The molecule has 0 atom stereocenters.